The van der Waals surface area contributed by atoms with Crippen LogP contribution in [-0.4, -0.2) is 11.0 Å². The van der Waals surface area contributed by atoms with Gasteiger partial charge in [-0.25, -0.2) is 17.6 Å². The number of hydrogen-bond acceptors (Lipinski definition) is 3. The molecule has 134 valence electrons. The zero-order chi connectivity index (χ0) is 19.1. The molecule has 0 saturated heterocycles. The quantitative estimate of drug-likeness (QED) is 0.637. The average Bonchev–Trinajstić information content (AvgIpc) is 2.72. The first-order valence-electron chi connectivity index (χ1n) is 7.66. The summed E-state index contributed by atoms with van der Waals surface area (Å²) in [5.74, 6) is -6.88. The van der Waals surface area contributed by atoms with Crippen LogP contribution in [0.1, 0.15) is 29.7 Å². The molecule has 0 spiro atoms. The summed E-state index contributed by atoms with van der Waals surface area (Å²) >= 11 is 0. The number of halogens is 4. The lowest BCUT2D eigenvalue weighted by Crippen LogP contribution is -2.23. The monoisotopic (exact) mass is 363 g/mol. The summed E-state index contributed by atoms with van der Waals surface area (Å²) < 4.78 is 61.2. The van der Waals surface area contributed by atoms with Crippen molar-refractivity contribution in [3.05, 3.63) is 70.2 Å². The predicted molar refractivity (Wildman–Crippen MR) is 84.7 cm³/mol. The van der Waals surface area contributed by atoms with Gasteiger partial charge in [0.2, 0.25) is 0 Å². The first-order valence-corrected chi connectivity index (χ1v) is 7.66. The lowest BCUT2D eigenvalue weighted by atomic mass is 9.97. The van der Waals surface area contributed by atoms with E-state index in [-0.39, 0.29) is 22.6 Å². The minimum Gasteiger partial charge on any atom is -0.457 e. The van der Waals surface area contributed by atoms with E-state index >= 15 is 0 Å². The number of hydrogen-bond donors (Lipinski definition) is 1. The minimum absolute atomic E-state index is 0.0701. The maximum absolute atomic E-state index is 14.0. The molecular weight excluding hydrogens is 350 g/mol. The highest BCUT2D eigenvalue weighted by Crippen LogP contribution is 2.50. The van der Waals surface area contributed by atoms with Gasteiger partial charge in [0.25, 0.3) is 11.8 Å². The molecule has 26 heavy (non-hydrogen) atoms. The molecule has 0 aliphatic heterocycles. The SMILES string of the molecule is CC(F)(F)c1ccc(OC2=CC=C=CC(C#N)=C2)c2c1[C@H](O)C(F)(F)C2. The maximum atomic E-state index is 14.0. The first-order chi connectivity index (χ1) is 12.1. The third-order valence-electron chi connectivity index (χ3n) is 4.11. The van der Waals surface area contributed by atoms with Crippen molar-refractivity contribution in [3.8, 4) is 11.8 Å². The molecule has 1 aromatic rings. The van der Waals surface area contributed by atoms with Crippen LogP contribution in [0.5, 0.6) is 5.75 Å². The van der Waals surface area contributed by atoms with E-state index in [2.05, 4.69) is 5.73 Å². The first kappa shape index (κ1) is 18.0. The summed E-state index contributed by atoms with van der Waals surface area (Å²) in [5, 5.41) is 18.9. The molecule has 1 atom stereocenters. The summed E-state index contributed by atoms with van der Waals surface area (Å²) in [7, 11) is 0. The number of benzene rings is 1. The third-order valence-corrected chi connectivity index (χ3v) is 4.11. The Balaban J connectivity index is 2.08. The Bertz CT molecular complexity index is 926. The van der Waals surface area contributed by atoms with Crippen molar-refractivity contribution in [2.75, 3.05) is 0 Å². The molecule has 7 heteroatoms. The van der Waals surface area contributed by atoms with E-state index in [1.807, 2.05) is 6.07 Å². The number of alkyl halides is 4. The number of nitrogens with zero attached hydrogens (tertiary/aromatic N) is 1. The third kappa shape index (κ3) is 3.17. The second-order valence-electron chi connectivity index (χ2n) is 6.09. The van der Waals surface area contributed by atoms with Gasteiger partial charge in [-0.15, -0.1) is 5.73 Å². The fourth-order valence-electron chi connectivity index (χ4n) is 2.93. The summed E-state index contributed by atoms with van der Waals surface area (Å²) in [4.78, 5) is 0. The molecule has 1 aromatic carbocycles. The van der Waals surface area contributed by atoms with Crippen LogP contribution in [0, 0.1) is 11.3 Å². The van der Waals surface area contributed by atoms with E-state index in [9.17, 15) is 22.7 Å². The highest BCUT2D eigenvalue weighted by molar-refractivity contribution is 5.53. The van der Waals surface area contributed by atoms with Crippen LogP contribution in [0.15, 0.2) is 53.5 Å². The topological polar surface area (TPSA) is 53.2 Å². The van der Waals surface area contributed by atoms with Crippen LogP contribution in [0.25, 0.3) is 0 Å². The van der Waals surface area contributed by atoms with E-state index in [0.29, 0.717) is 6.92 Å². The largest absolute Gasteiger partial charge is 0.457 e. The molecule has 0 saturated carbocycles. The number of aliphatic hydroxyl groups is 1. The Morgan fingerprint density at radius 2 is 2.12 bits per heavy atom. The normalized spacial score (nSPS) is 20.7. The molecule has 3 rings (SSSR count). The molecule has 3 nitrogen and oxygen atoms in total. The Morgan fingerprint density at radius 3 is 2.77 bits per heavy atom. The van der Waals surface area contributed by atoms with Crippen molar-refractivity contribution in [2.45, 2.75) is 31.3 Å². The van der Waals surface area contributed by atoms with Gasteiger partial charge in [0.05, 0.1) is 11.6 Å². The number of rotatable bonds is 3. The van der Waals surface area contributed by atoms with Gasteiger partial charge >= 0.3 is 0 Å². The van der Waals surface area contributed by atoms with Crippen molar-refractivity contribution >= 4 is 0 Å². The van der Waals surface area contributed by atoms with Gasteiger partial charge < -0.3 is 9.84 Å². The standard InChI is InChI=1S/C19H13F4NO2/c1-18(20,21)14-6-7-15(13-9-19(22,23)17(25)16(13)14)26-12-5-3-2-4-11(8-12)10-24/h3-8,17,25H,9H2,1H3/t17-/m0/s1. The molecule has 0 unspecified atom stereocenters. The average molecular weight is 363 g/mol. The molecule has 0 fully saturated rings. The van der Waals surface area contributed by atoms with Crippen LogP contribution in [-0.2, 0) is 12.3 Å². The fraction of sp³-hybridized carbons (Fsp3) is 0.263. The van der Waals surface area contributed by atoms with Gasteiger partial charge in [0.1, 0.15) is 17.6 Å². The van der Waals surface area contributed by atoms with Gasteiger partial charge in [0, 0.05) is 30.0 Å². The fourth-order valence-corrected chi connectivity index (χ4v) is 2.93. The molecular formula is C19H13F4NO2. The highest BCUT2D eigenvalue weighted by Gasteiger charge is 2.51. The van der Waals surface area contributed by atoms with Crippen molar-refractivity contribution in [3.63, 3.8) is 0 Å². The van der Waals surface area contributed by atoms with E-state index in [0.717, 1.165) is 6.07 Å². The van der Waals surface area contributed by atoms with E-state index in [4.69, 9.17) is 10.00 Å². The second-order valence-corrected chi connectivity index (χ2v) is 6.09. The summed E-state index contributed by atoms with van der Waals surface area (Å²) in [6.45, 7) is 0.582. The van der Waals surface area contributed by atoms with Gasteiger partial charge in [-0.05, 0) is 36.4 Å². The Kier molecular flexibility index (Phi) is 4.27. The molecule has 2 aliphatic rings. The van der Waals surface area contributed by atoms with Crippen molar-refractivity contribution in [2.24, 2.45) is 0 Å². The number of nitriles is 1. The minimum atomic E-state index is -3.57. The highest BCUT2D eigenvalue weighted by atomic mass is 19.3. The molecule has 0 aromatic heterocycles. The lowest BCUT2D eigenvalue weighted by Gasteiger charge is -2.20. The number of aliphatic hydroxyl groups excluding tert-OH is 1. The lowest BCUT2D eigenvalue weighted by molar-refractivity contribution is -0.0985. The molecule has 0 amide bonds. The van der Waals surface area contributed by atoms with Gasteiger partial charge in [-0.3, -0.25) is 0 Å². The van der Waals surface area contributed by atoms with Crippen LogP contribution in [0.2, 0.25) is 0 Å². The zero-order valence-electron chi connectivity index (χ0n) is 13.6. The van der Waals surface area contributed by atoms with Gasteiger partial charge in [0.15, 0.2) is 0 Å². The van der Waals surface area contributed by atoms with Gasteiger partial charge in [-0.2, -0.15) is 5.26 Å². The van der Waals surface area contributed by atoms with E-state index < -0.39 is 35.5 Å². The van der Waals surface area contributed by atoms with E-state index in [1.165, 1.54) is 30.4 Å². The van der Waals surface area contributed by atoms with Crippen molar-refractivity contribution in [1.82, 2.24) is 0 Å². The molecule has 0 radical (unpaired) electrons. The molecule has 1 N–H and O–H groups in total. The second kappa shape index (κ2) is 6.17. The zero-order valence-corrected chi connectivity index (χ0v) is 13.6. The molecule has 0 heterocycles. The summed E-state index contributed by atoms with van der Waals surface area (Å²) in [5.41, 5.74) is 1.60. The van der Waals surface area contributed by atoms with Crippen LogP contribution < -0.4 is 4.74 Å². The smallest absolute Gasteiger partial charge is 0.281 e. The number of allylic oxidation sites excluding steroid dienone is 4. The van der Waals surface area contributed by atoms with Crippen LogP contribution in [0.3, 0.4) is 0 Å². The Hall–Kier alpha value is -2.81. The van der Waals surface area contributed by atoms with Crippen molar-refractivity contribution < 1.29 is 27.4 Å². The van der Waals surface area contributed by atoms with Gasteiger partial charge in [-0.1, -0.05) is 0 Å². The van der Waals surface area contributed by atoms with Crippen LogP contribution >= 0.6 is 0 Å². The molecule has 2 aliphatic carbocycles. The Morgan fingerprint density at radius 1 is 1.38 bits per heavy atom. The summed E-state index contributed by atoms with van der Waals surface area (Å²) in [6.07, 6.45) is 2.45. The predicted octanol–water partition coefficient (Wildman–Crippen LogP) is 4.46. The molecule has 0 bridgehead atoms. The maximum Gasteiger partial charge on any atom is 0.281 e. The van der Waals surface area contributed by atoms with E-state index in [1.54, 1.807) is 0 Å². The van der Waals surface area contributed by atoms with Crippen molar-refractivity contribution in [1.29, 1.82) is 5.26 Å². The van der Waals surface area contributed by atoms with Crippen LogP contribution in [0.4, 0.5) is 17.6 Å². The summed E-state index contributed by atoms with van der Waals surface area (Å²) in [6, 6.07) is 4.04. The number of ether oxygens (including phenoxy) is 1. The Labute approximate surface area is 146 Å². The number of fused-ring (bicyclic) bond motifs is 1.